The third-order valence-electron chi connectivity index (χ3n) is 2.72. The van der Waals surface area contributed by atoms with Gasteiger partial charge in [0.1, 0.15) is 12.3 Å². The molecule has 0 spiro atoms. The van der Waals surface area contributed by atoms with E-state index in [0.29, 0.717) is 5.56 Å². The molecule has 0 aromatic heterocycles. The fraction of sp³-hybridized carbons (Fsp3) is 0.0667. The van der Waals surface area contributed by atoms with Crippen molar-refractivity contribution in [2.45, 2.75) is 0 Å². The van der Waals surface area contributed by atoms with Crippen LogP contribution in [0.5, 0.6) is 17.2 Å². The number of Topliss-reactive ketones (excluding diaryl/α,β-unsaturated/α-hetero) is 1. The van der Waals surface area contributed by atoms with Gasteiger partial charge in [0.2, 0.25) is 0 Å². The number of phenols is 3. The van der Waals surface area contributed by atoms with Crippen LogP contribution in [-0.2, 0) is 0 Å². The van der Waals surface area contributed by atoms with E-state index < -0.39 is 0 Å². The summed E-state index contributed by atoms with van der Waals surface area (Å²) in [7, 11) is 0. The monoisotopic (exact) mass is 271 g/mol. The fourth-order valence-corrected chi connectivity index (χ4v) is 1.67. The quantitative estimate of drug-likeness (QED) is 0.451. The van der Waals surface area contributed by atoms with Gasteiger partial charge < -0.3 is 15.3 Å². The third-order valence-corrected chi connectivity index (χ3v) is 2.72. The van der Waals surface area contributed by atoms with Crippen molar-refractivity contribution < 1.29 is 20.1 Å². The number of benzene rings is 2. The number of ketones is 1. The van der Waals surface area contributed by atoms with Crippen LogP contribution in [0, 0.1) is 0 Å². The van der Waals surface area contributed by atoms with Gasteiger partial charge in [-0.05, 0) is 24.3 Å². The molecule has 0 saturated carbocycles. The molecule has 0 amide bonds. The lowest BCUT2D eigenvalue weighted by atomic mass is 10.1. The van der Waals surface area contributed by atoms with E-state index in [4.69, 9.17) is 0 Å². The first kappa shape index (κ1) is 13.6. The van der Waals surface area contributed by atoms with Gasteiger partial charge in [0.05, 0.1) is 5.56 Å². The van der Waals surface area contributed by atoms with Crippen LogP contribution >= 0.6 is 0 Å². The van der Waals surface area contributed by atoms with Crippen LogP contribution in [0.15, 0.2) is 47.5 Å². The minimum atomic E-state index is -0.334. The first-order chi connectivity index (χ1) is 9.59. The molecule has 20 heavy (non-hydrogen) atoms. The molecule has 2 aromatic carbocycles. The maximum atomic E-state index is 11.8. The van der Waals surface area contributed by atoms with Crippen molar-refractivity contribution in [3.05, 3.63) is 53.6 Å². The van der Waals surface area contributed by atoms with Gasteiger partial charge in [-0.1, -0.05) is 18.2 Å². The third kappa shape index (κ3) is 2.95. The molecule has 0 fully saturated rings. The SMILES string of the molecule is O=C(CN=Cc1cccc(O)c1O)c1ccccc1O. The summed E-state index contributed by atoms with van der Waals surface area (Å²) in [5.74, 6) is -0.959. The molecule has 0 aliphatic carbocycles. The van der Waals surface area contributed by atoms with Crippen molar-refractivity contribution in [3.8, 4) is 17.2 Å². The summed E-state index contributed by atoms with van der Waals surface area (Å²) in [6.07, 6.45) is 1.30. The summed E-state index contributed by atoms with van der Waals surface area (Å²) in [5.41, 5.74) is 0.514. The van der Waals surface area contributed by atoms with E-state index in [2.05, 4.69) is 4.99 Å². The molecule has 0 unspecified atom stereocenters. The number of aliphatic imine (C=N–C) groups is 1. The Morgan fingerprint density at radius 3 is 2.45 bits per heavy atom. The maximum Gasteiger partial charge on any atom is 0.187 e. The van der Waals surface area contributed by atoms with Gasteiger partial charge in [0, 0.05) is 11.8 Å². The van der Waals surface area contributed by atoms with E-state index >= 15 is 0 Å². The molecule has 2 rings (SSSR count). The number of hydrogen-bond acceptors (Lipinski definition) is 5. The molecule has 5 nitrogen and oxygen atoms in total. The van der Waals surface area contributed by atoms with Crippen LogP contribution in [0.2, 0.25) is 0 Å². The largest absolute Gasteiger partial charge is 0.507 e. The highest BCUT2D eigenvalue weighted by Crippen LogP contribution is 2.26. The number of aromatic hydroxyl groups is 3. The summed E-state index contributed by atoms with van der Waals surface area (Å²) in [4.78, 5) is 15.7. The molecule has 0 heterocycles. The molecular weight excluding hydrogens is 258 g/mol. The number of hydrogen-bond donors (Lipinski definition) is 3. The maximum absolute atomic E-state index is 11.8. The summed E-state index contributed by atoms with van der Waals surface area (Å²) in [6, 6.07) is 10.7. The number of para-hydroxylation sites is 2. The lowest BCUT2D eigenvalue weighted by molar-refractivity contribution is 0.0999. The average Bonchev–Trinajstić information content (AvgIpc) is 2.44. The smallest absolute Gasteiger partial charge is 0.187 e. The zero-order valence-electron chi connectivity index (χ0n) is 10.5. The first-order valence-electron chi connectivity index (χ1n) is 5.91. The lowest BCUT2D eigenvalue weighted by Gasteiger charge is -2.02. The van der Waals surface area contributed by atoms with Crippen molar-refractivity contribution in [1.29, 1.82) is 0 Å². The van der Waals surface area contributed by atoms with Crippen molar-refractivity contribution in [3.63, 3.8) is 0 Å². The topological polar surface area (TPSA) is 90.1 Å². The van der Waals surface area contributed by atoms with Gasteiger partial charge in [0.15, 0.2) is 17.3 Å². The molecule has 0 saturated heterocycles. The summed E-state index contributed by atoms with van der Waals surface area (Å²) in [5, 5.41) is 28.4. The summed E-state index contributed by atoms with van der Waals surface area (Å²) >= 11 is 0. The van der Waals surface area contributed by atoms with E-state index in [9.17, 15) is 20.1 Å². The number of phenolic OH excluding ortho intramolecular Hbond substituents is 3. The zero-order chi connectivity index (χ0) is 14.5. The van der Waals surface area contributed by atoms with Gasteiger partial charge in [0.25, 0.3) is 0 Å². The van der Waals surface area contributed by atoms with Crippen LogP contribution < -0.4 is 0 Å². The van der Waals surface area contributed by atoms with Gasteiger partial charge in [-0.2, -0.15) is 0 Å². The van der Waals surface area contributed by atoms with Crippen LogP contribution in [0.25, 0.3) is 0 Å². The second-order valence-electron chi connectivity index (χ2n) is 4.13. The highest BCUT2D eigenvalue weighted by atomic mass is 16.3. The highest BCUT2D eigenvalue weighted by molar-refractivity contribution is 6.01. The lowest BCUT2D eigenvalue weighted by Crippen LogP contribution is -2.03. The Hall–Kier alpha value is -2.82. The molecule has 2 aromatic rings. The molecule has 3 N–H and O–H groups in total. The molecular formula is C15H13NO4. The Morgan fingerprint density at radius 2 is 1.70 bits per heavy atom. The Morgan fingerprint density at radius 1 is 1.00 bits per heavy atom. The van der Waals surface area contributed by atoms with E-state index in [1.807, 2.05) is 0 Å². The van der Waals surface area contributed by atoms with Gasteiger partial charge in [-0.15, -0.1) is 0 Å². The molecule has 0 bridgehead atoms. The number of carbonyl (C=O) groups excluding carboxylic acids is 1. The molecule has 0 aliphatic rings. The van der Waals surface area contributed by atoms with Crippen molar-refractivity contribution in [2.24, 2.45) is 4.99 Å². The van der Waals surface area contributed by atoms with Gasteiger partial charge >= 0.3 is 0 Å². The van der Waals surface area contributed by atoms with Gasteiger partial charge in [-0.25, -0.2) is 0 Å². The molecule has 0 aliphatic heterocycles. The molecule has 0 radical (unpaired) electrons. The fourth-order valence-electron chi connectivity index (χ4n) is 1.67. The molecule has 102 valence electrons. The minimum Gasteiger partial charge on any atom is -0.507 e. The Labute approximate surface area is 115 Å². The predicted octanol–water partition coefficient (Wildman–Crippen LogP) is 2.11. The van der Waals surface area contributed by atoms with E-state index in [1.165, 1.54) is 24.4 Å². The Kier molecular flexibility index (Phi) is 4.00. The van der Waals surface area contributed by atoms with Crippen molar-refractivity contribution in [2.75, 3.05) is 6.54 Å². The second-order valence-corrected chi connectivity index (χ2v) is 4.13. The van der Waals surface area contributed by atoms with Crippen molar-refractivity contribution >= 4 is 12.0 Å². The zero-order valence-corrected chi connectivity index (χ0v) is 10.5. The van der Waals surface area contributed by atoms with Crippen LogP contribution in [-0.4, -0.2) is 33.9 Å². The average molecular weight is 271 g/mol. The summed E-state index contributed by atoms with van der Waals surface area (Å²) in [6.45, 7) is -0.160. The second kappa shape index (κ2) is 5.88. The van der Waals surface area contributed by atoms with Crippen LogP contribution in [0.1, 0.15) is 15.9 Å². The van der Waals surface area contributed by atoms with E-state index in [1.54, 1.807) is 24.3 Å². The van der Waals surface area contributed by atoms with Gasteiger partial charge in [-0.3, -0.25) is 9.79 Å². The van der Waals surface area contributed by atoms with E-state index in [-0.39, 0.29) is 35.1 Å². The first-order valence-corrected chi connectivity index (χ1v) is 5.91. The van der Waals surface area contributed by atoms with Crippen molar-refractivity contribution in [1.82, 2.24) is 0 Å². The minimum absolute atomic E-state index is 0.0899. The molecule has 0 atom stereocenters. The normalized spacial score (nSPS) is 10.8. The predicted molar refractivity (Wildman–Crippen MR) is 74.7 cm³/mol. The molecule has 5 heteroatoms. The van der Waals surface area contributed by atoms with Crippen LogP contribution in [0.3, 0.4) is 0 Å². The number of carbonyl (C=O) groups is 1. The number of rotatable bonds is 4. The highest BCUT2D eigenvalue weighted by Gasteiger charge is 2.09. The van der Waals surface area contributed by atoms with E-state index in [0.717, 1.165) is 0 Å². The Bertz CT molecular complexity index is 665. The standard InChI is InChI=1S/C15H13NO4/c17-12-6-2-1-5-11(12)14(19)9-16-8-10-4-3-7-13(18)15(10)20/h1-8,17-18,20H,9H2. The number of nitrogens with zero attached hydrogens (tertiary/aromatic N) is 1. The van der Waals surface area contributed by atoms with Crippen LogP contribution in [0.4, 0.5) is 0 Å². The summed E-state index contributed by atoms with van der Waals surface area (Å²) < 4.78 is 0. The Balaban J connectivity index is 2.09.